The minimum Gasteiger partial charge on any atom is -0.388 e. The van der Waals surface area contributed by atoms with Crippen molar-refractivity contribution in [3.05, 3.63) is 0 Å². The van der Waals surface area contributed by atoms with E-state index in [1.165, 1.54) is 38.5 Å². The van der Waals surface area contributed by atoms with Gasteiger partial charge in [-0.05, 0) is 44.3 Å². The average molecular weight is 466 g/mol. The minimum atomic E-state index is 0.542. The van der Waals surface area contributed by atoms with Crippen molar-refractivity contribution >= 4 is 0 Å². The molecule has 2 heteroatoms. The third-order valence-electron chi connectivity index (χ3n) is 3.52. The molecule has 0 aliphatic heterocycles. The van der Waals surface area contributed by atoms with E-state index in [1.54, 1.807) is 14.2 Å². The molecule has 0 amide bonds. The lowest BCUT2D eigenvalue weighted by atomic mass is 9.94. The quantitative estimate of drug-likeness (QED) is 0.381. The van der Waals surface area contributed by atoms with E-state index >= 15 is 0 Å². The van der Waals surface area contributed by atoms with Gasteiger partial charge in [-0.15, -0.1) is 0 Å². The van der Waals surface area contributed by atoms with E-state index in [0.717, 1.165) is 17.8 Å². The highest BCUT2D eigenvalue weighted by molar-refractivity contribution is 4.60. The van der Waals surface area contributed by atoms with Crippen molar-refractivity contribution < 1.29 is 4.74 Å². The Kier molecular flexibility index (Phi) is 68.4. The molecule has 1 saturated carbocycles. The van der Waals surface area contributed by atoms with E-state index in [4.69, 9.17) is 0 Å². The van der Waals surface area contributed by atoms with Crippen molar-refractivity contribution in [2.24, 2.45) is 23.2 Å². The molecule has 1 aliphatic rings. The van der Waals surface area contributed by atoms with Gasteiger partial charge >= 0.3 is 0 Å². The molecule has 32 heavy (non-hydrogen) atoms. The molecule has 1 fully saturated rings. The van der Waals surface area contributed by atoms with Gasteiger partial charge in [0, 0.05) is 14.2 Å². The zero-order valence-corrected chi connectivity index (χ0v) is 27.3. The van der Waals surface area contributed by atoms with Crippen molar-refractivity contribution in [2.75, 3.05) is 35.4 Å². The summed E-state index contributed by atoms with van der Waals surface area (Å²) in [7, 11) is 9.25. The molecule has 0 saturated heterocycles. The van der Waals surface area contributed by atoms with Gasteiger partial charge in [0.15, 0.2) is 0 Å². The normalized spacial score (nSPS) is 11.7. The van der Waals surface area contributed by atoms with E-state index < -0.39 is 0 Å². The summed E-state index contributed by atoms with van der Waals surface area (Å²) in [6.45, 7) is 32.4. The molecule has 0 aromatic heterocycles. The van der Waals surface area contributed by atoms with Crippen LogP contribution in [0.1, 0.15) is 142 Å². The predicted octanol–water partition coefficient (Wildman–Crippen LogP) is 10.8. The molecule has 0 aromatic rings. The Balaban J connectivity index is -0.0000000461. The van der Waals surface area contributed by atoms with Crippen LogP contribution in [0.2, 0.25) is 0 Å². The van der Waals surface area contributed by atoms with E-state index in [1.807, 2.05) is 53.7 Å². The van der Waals surface area contributed by atoms with E-state index in [0.29, 0.717) is 5.41 Å². The Morgan fingerprint density at radius 3 is 0.969 bits per heavy atom. The molecule has 0 aromatic carbocycles. The summed E-state index contributed by atoms with van der Waals surface area (Å²) < 4.78 is 4.25. The summed E-state index contributed by atoms with van der Waals surface area (Å²) >= 11 is 0. The highest BCUT2D eigenvalue weighted by Gasteiger charge is 2.07. The van der Waals surface area contributed by atoms with Gasteiger partial charge in [-0.1, -0.05) is 142 Å². The second-order valence-electron chi connectivity index (χ2n) is 10.6. The summed E-state index contributed by atoms with van der Waals surface area (Å²) in [6, 6.07) is 0. The Labute approximate surface area is 210 Å². The number of nitrogens with zero attached hydrogens (tertiary/aromatic N) is 1. The van der Waals surface area contributed by atoms with Crippen molar-refractivity contribution in [1.82, 2.24) is 4.90 Å². The second-order valence-corrected chi connectivity index (χ2v) is 10.6. The van der Waals surface area contributed by atoms with Crippen LogP contribution < -0.4 is 0 Å². The molecule has 0 spiro atoms. The van der Waals surface area contributed by atoms with Gasteiger partial charge < -0.3 is 9.64 Å². The topological polar surface area (TPSA) is 12.5 Å². The molecule has 2 nitrogen and oxygen atoms in total. The molecule has 1 aliphatic carbocycles. The van der Waals surface area contributed by atoms with Crippen LogP contribution in [0.4, 0.5) is 0 Å². The number of hydrogen-bond acceptors (Lipinski definition) is 2. The fraction of sp³-hybridized carbons (Fsp3) is 1.00. The van der Waals surface area contributed by atoms with Gasteiger partial charge in [0.1, 0.15) is 0 Å². The first-order valence-electron chi connectivity index (χ1n) is 13.6. The summed E-state index contributed by atoms with van der Waals surface area (Å²) in [4.78, 5) is 2.00. The van der Waals surface area contributed by atoms with Crippen LogP contribution in [0.5, 0.6) is 0 Å². The number of hydrogen-bond donors (Lipinski definition) is 0. The Morgan fingerprint density at radius 2 is 0.938 bits per heavy atom. The number of rotatable bonds is 1. The monoisotopic (exact) mass is 466 g/mol. The molecule has 206 valence electrons. The molecular formula is C30H75NO. The van der Waals surface area contributed by atoms with Crippen LogP contribution in [-0.4, -0.2) is 40.3 Å². The maximum atomic E-state index is 4.25. The Bertz CT molecular complexity index is 212. The molecule has 1 rings (SSSR count). The van der Waals surface area contributed by atoms with Gasteiger partial charge in [0.25, 0.3) is 0 Å². The number of methoxy groups -OCH3 is 1. The first-order valence-corrected chi connectivity index (χ1v) is 13.6. The molecule has 0 N–H and O–H groups in total. The predicted molar refractivity (Wildman–Crippen MR) is 158 cm³/mol. The first-order chi connectivity index (χ1) is 14.6. The van der Waals surface area contributed by atoms with Crippen LogP contribution in [0.25, 0.3) is 0 Å². The Morgan fingerprint density at radius 1 is 0.781 bits per heavy atom. The lowest BCUT2D eigenvalue weighted by Crippen LogP contribution is -2.00. The maximum absolute atomic E-state index is 4.25. The Hall–Kier alpha value is -0.0800. The molecule has 0 atom stereocenters. The van der Waals surface area contributed by atoms with E-state index in [2.05, 4.69) is 80.9 Å². The van der Waals surface area contributed by atoms with Crippen molar-refractivity contribution in [1.29, 1.82) is 0 Å². The first kappa shape index (κ1) is 49.1. The van der Waals surface area contributed by atoms with Gasteiger partial charge in [0.2, 0.25) is 0 Å². The second kappa shape index (κ2) is 44.6. The van der Waals surface area contributed by atoms with E-state index in [-0.39, 0.29) is 0 Å². The molecule has 0 radical (unpaired) electrons. The van der Waals surface area contributed by atoms with Crippen molar-refractivity contribution in [2.45, 2.75) is 142 Å². The minimum absolute atomic E-state index is 0.542. The highest BCUT2D eigenvalue weighted by atomic mass is 16.4. The number of ether oxygens (including phenoxy) is 1. The van der Waals surface area contributed by atoms with Crippen LogP contribution in [0.15, 0.2) is 0 Å². The van der Waals surface area contributed by atoms with Crippen molar-refractivity contribution in [3.63, 3.8) is 0 Å². The van der Waals surface area contributed by atoms with Crippen molar-refractivity contribution in [3.8, 4) is 0 Å². The van der Waals surface area contributed by atoms with E-state index in [9.17, 15) is 0 Å². The molecular weight excluding hydrogens is 390 g/mol. The van der Waals surface area contributed by atoms with Gasteiger partial charge in [0.05, 0.1) is 0 Å². The van der Waals surface area contributed by atoms with Crippen LogP contribution in [0.3, 0.4) is 0 Å². The molecule has 0 unspecified atom stereocenters. The third kappa shape index (κ3) is 176. The van der Waals surface area contributed by atoms with Crippen LogP contribution in [0, 0.1) is 23.2 Å². The zero-order valence-electron chi connectivity index (χ0n) is 27.3. The average Bonchev–Trinajstić information content (AvgIpc) is 3.16. The summed E-state index contributed by atoms with van der Waals surface area (Å²) in [6.07, 6.45) is 8.52. The fourth-order valence-electron chi connectivity index (χ4n) is 1.13. The fourth-order valence-corrected chi connectivity index (χ4v) is 1.13. The lowest BCUT2D eigenvalue weighted by Gasteiger charge is -2.12. The summed E-state index contributed by atoms with van der Waals surface area (Å²) in [5, 5.41) is 0. The standard InChI is InChI=1S/C6H12.C6H14.C5H12.C4H10.C3H9N.C2H6O.2C2H6/c1-6-4-2-3-5-6;1-5-6(2,3)4;1-4-5(2)3;2*1-4(2)3;1-3-2;2*1-2/h6H,2-5H2,1H3;5H2,1-4H3;5H,4H2,1-3H3;4H,1-3H3;1-3H3;1-2H3;2*1-2H3. The zero-order chi connectivity index (χ0) is 27.8. The maximum Gasteiger partial charge on any atom is 0.0351 e. The van der Waals surface area contributed by atoms with Crippen LogP contribution >= 0.6 is 0 Å². The largest absolute Gasteiger partial charge is 0.388 e. The lowest BCUT2D eigenvalue weighted by molar-refractivity contribution is 0.277. The summed E-state index contributed by atoms with van der Waals surface area (Å²) in [5.74, 6) is 2.76. The summed E-state index contributed by atoms with van der Waals surface area (Å²) in [5.41, 5.74) is 0.542. The third-order valence-corrected chi connectivity index (χ3v) is 3.52. The molecule has 0 heterocycles. The van der Waals surface area contributed by atoms with Gasteiger partial charge in [-0.25, -0.2) is 0 Å². The van der Waals surface area contributed by atoms with Gasteiger partial charge in [-0.2, -0.15) is 0 Å². The van der Waals surface area contributed by atoms with Gasteiger partial charge in [-0.3, -0.25) is 0 Å². The SMILES string of the molecule is CC.CC.CC(C)C.CC1CCCC1.CCC(C)(C)C.CCC(C)C.CN(C)C.COC. The highest BCUT2D eigenvalue weighted by Crippen LogP contribution is 2.22. The smallest absolute Gasteiger partial charge is 0.0351 e. The molecule has 0 bridgehead atoms. The van der Waals surface area contributed by atoms with Crippen LogP contribution in [-0.2, 0) is 4.74 Å².